The van der Waals surface area contributed by atoms with Crippen molar-refractivity contribution < 1.29 is 26.3 Å². The van der Waals surface area contributed by atoms with Crippen LogP contribution in [-0.2, 0) is 12.4 Å². The second kappa shape index (κ2) is 13.7. The fraction of sp³-hybridized carbons (Fsp3) is 0.0408. The lowest BCUT2D eigenvalue weighted by atomic mass is 10.0. The minimum absolute atomic E-state index is 0.163. The van der Waals surface area contributed by atoms with Gasteiger partial charge in [0, 0.05) is 38.2 Å². The Labute approximate surface area is 337 Å². The van der Waals surface area contributed by atoms with Crippen LogP contribution in [0.25, 0.3) is 88.9 Å². The van der Waals surface area contributed by atoms with Gasteiger partial charge in [-0.1, -0.05) is 97.1 Å². The summed E-state index contributed by atoms with van der Waals surface area (Å²) < 4.78 is 88.7. The molecule has 0 aliphatic heterocycles. The summed E-state index contributed by atoms with van der Waals surface area (Å²) in [5.41, 5.74) is 4.45. The molecule has 0 aliphatic carbocycles. The fourth-order valence-electron chi connectivity index (χ4n) is 8.11. The first-order chi connectivity index (χ1) is 29.0. The number of benzene rings is 7. The van der Waals surface area contributed by atoms with Crippen molar-refractivity contribution in [2.75, 3.05) is 0 Å². The summed E-state index contributed by atoms with van der Waals surface area (Å²) in [5, 5.41) is 12.7. The van der Waals surface area contributed by atoms with Crippen molar-refractivity contribution >= 4 is 43.6 Å². The van der Waals surface area contributed by atoms with Crippen LogP contribution in [0.4, 0.5) is 26.3 Å². The summed E-state index contributed by atoms with van der Waals surface area (Å²) in [6, 6.07) is 47.8. The molecule has 0 N–H and O–H groups in total. The fourth-order valence-corrected chi connectivity index (χ4v) is 8.11. The van der Waals surface area contributed by atoms with E-state index in [1.807, 2.05) is 71.3 Å². The van der Waals surface area contributed by atoms with Gasteiger partial charge in [0.15, 0.2) is 5.82 Å². The van der Waals surface area contributed by atoms with Crippen LogP contribution >= 0.6 is 0 Å². The number of hydrogen-bond acceptors (Lipinski definition) is 3. The van der Waals surface area contributed by atoms with E-state index in [4.69, 9.17) is 9.97 Å². The molecule has 0 atom stereocenters. The van der Waals surface area contributed by atoms with E-state index < -0.39 is 23.5 Å². The molecule has 5 nitrogen and oxygen atoms in total. The summed E-state index contributed by atoms with van der Waals surface area (Å²) in [6.07, 6.45) is -9.22. The van der Waals surface area contributed by atoms with E-state index in [-0.39, 0.29) is 11.4 Å². The quantitative estimate of drug-likeness (QED) is 0.163. The van der Waals surface area contributed by atoms with Crippen LogP contribution in [0.5, 0.6) is 0 Å². The Morgan fingerprint density at radius 3 is 1.30 bits per heavy atom. The molecule has 10 aromatic rings. The average molecular weight is 800 g/mol. The van der Waals surface area contributed by atoms with E-state index in [2.05, 4.69) is 6.07 Å². The Kier molecular flexibility index (Phi) is 8.36. The van der Waals surface area contributed by atoms with Crippen molar-refractivity contribution in [2.24, 2.45) is 0 Å². The van der Waals surface area contributed by atoms with Gasteiger partial charge in [-0.2, -0.15) is 31.6 Å². The summed E-state index contributed by atoms with van der Waals surface area (Å²) in [4.78, 5) is 10.0. The molecule has 0 fully saturated rings. The van der Waals surface area contributed by atoms with Crippen molar-refractivity contribution in [1.29, 1.82) is 5.26 Å². The second-order valence-electron chi connectivity index (χ2n) is 14.4. The molecule has 290 valence electrons. The lowest BCUT2D eigenvalue weighted by molar-refractivity contribution is -0.138. The number of halogens is 6. The van der Waals surface area contributed by atoms with Crippen molar-refractivity contribution in [3.05, 3.63) is 180 Å². The lowest BCUT2D eigenvalue weighted by Gasteiger charge is -2.19. The highest BCUT2D eigenvalue weighted by Crippen LogP contribution is 2.43. The Balaban J connectivity index is 1.35. The van der Waals surface area contributed by atoms with Gasteiger partial charge in [0.2, 0.25) is 0 Å². The van der Waals surface area contributed by atoms with Gasteiger partial charge < -0.3 is 9.13 Å². The monoisotopic (exact) mass is 799 g/mol. The van der Waals surface area contributed by atoms with Crippen molar-refractivity contribution in [2.45, 2.75) is 12.4 Å². The highest BCUT2D eigenvalue weighted by atomic mass is 19.4. The zero-order valence-electron chi connectivity index (χ0n) is 31.1. The van der Waals surface area contributed by atoms with Crippen LogP contribution in [-0.4, -0.2) is 19.1 Å². The Hall–Kier alpha value is -7.71. The third kappa shape index (κ3) is 6.03. The highest BCUT2D eigenvalue weighted by molar-refractivity contribution is 6.12. The summed E-state index contributed by atoms with van der Waals surface area (Å²) in [7, 11) is 0. The smallest absolute Gasteiger partial charge is 0.307 e. The number of alkyl halides is 6. The van der Waals surface area contributed by atoms with E-state index in [1.54, 1.807) is 65.2 Å². The van der Waals surface area contributed by atoms with Crippen LogP contribution in [0.15, 0.2) is 164 Å². The molecule has 0 radical (unpaired) electrons. The maximum atomic E-state index is 14.2. The van der Waals surface area contributed by atoms with E-state index in [0.29, 0.717) is 71.9 Å². The first-order valence-electron chi connectivity index (χ1n) is 18.8. The zero-order chi connectivity index (χ0) is 41.3. The zero-order valence-corrected chi connectivity index (χ0v) is 31.1. The van der Waals surface area contributed by atoms with E-state index in [1.165, 1.54) is 12.1 Å². The predicted molar refractivity (Wildman–Crippen MR) is 222 cm³/mol. The third-order valence-corrected chi connectivity index (χ3v) is 10.8. The molecule has 11 heteroatoms. The van der Waals surface area contributed by atoms with Crippen LogP contribution in [0.3, 0.4) is 0 Å². The van der Waals surface area contributed by atoms with Gasteiger partial charge >= 0.3 is 12.4 Å². The second-order valence-corrected chi connectivity index (χ2v) is 14.4. The summed E-state index contributed by atoms with van der Waals surface area (Å²) >= 11 is 0. The standard InChI is InChI=1S/C49H27F6N5/c50-48(51,52)32-19-21-43-37(24-32)34-15-7-9-17-41(34)59(43)45-23-31(28-56)36(47-57-39(29-11-3-1-4-12-29)27-40(58-47)30-13-5-2-6-14-30)26-46(45)60-42-18-10-8-16-35(42)38-25-33(49(53,54)55)20-22-44(38)60/h1-27H. The number of nitrogens with zero attached hydrogens (tertiary/aromatic N) is 5. The molecule has 0 saturated carbocycles. The molecule has 60 heavy (non-hydrogen) atoms. The summed E-state index contributed by atoms with van der Waals surface area (Å²) in [5.74, 6) is 0.219. The molecule has 0 bridgehead atoms. The van der Waals surface area contributed by atoms with Crippen molar-refractivity contribution in [3.8, 4) is 51.3 Å². The van der Waals surface area contributed by atoms with E-state index in [0.717, 1.165) is 35.4 Å². The SMILES string of the molecule is N#Cc1cc(-n2c3ccccc3c3cc(C(F)(F)F)ccc32)c(-n2c3ccccc3c3cc(C(F)(F)F)ccc32)cc1-c1nc(-c2ccccc2)cc(-c2ccccc2)n1. The molecule has 3 heterocycles. The van der Waals surface area contributed by atoms with Crippen molar-refractivity contribution in [1.82, 2.24) is 19.1 Å². The molecule has 0 spiro atoms. The molecule has 7 aromatic carbocycles. The average Bonchev–Trinajstić information content (AvgIpc) is 3.78. The largest absolute Gasteiger partial charge is 0.416 e. The predicted octanol–water partition coefficient (Wildman–Crippen LogP) is 13.6. The number of rotatable bonds is 5. The van der Waals surface area contributed by atoms with Gasteiger partial charge in [0.1, 0.15) is 0 Å². The van der Waals surface area contributed by atoms with E-state index in [9.17, 15) is 31.6 Å². The van der Waals surface area contributed by atoms with Crippen LogP contribution in [0, 0.1) is 11.3 Å². The molecular formula is C49H27F6N5. The molecule has 0 aliphatic rings. The first-order valence-corrected chi connectivity index (χ1v) is 18.8. The number of aromatic nitrogens is 4. The molecular weight excluding hydrogens is 773 g/mol. The Morgan fingerprint density at radius 2 is 0.850 bits per heavy atom. The van der Waals surface area contributed by atoms with Gasteiger partial charge in [0.25, 0.3) is 0 Å². The van der Waals surface area contributed by atoms with Crippen LogP contribution < -0.4 is 0 Å². The van der Waals surface area contributed by atoms with Gasteiger partial charge in [-0.15, -0.1) is 0 Å². The maximum Gasteiger partial charge on any atom is 0.416 e. The molecule has 0 saturated heterocycles. The third-order valence-electron chi connectivity index (χ3n) is 10.8. The maximum absolute atomic E-state index is 14.2. The summed E-state index contributed by atoms with van der Waals surface area (Å²) in [6.45, 7) is 0. The molecule has 3 aromatic heterocycles. The van der Waals surface area contributed by atoms with Gasteiger partial charge in [-0.3, -0.25) is 0 Å². The molecule has 0 amide bonds. The van der Waals surface area contributed by atoms with Crippen LogP contribution in [0.1, 0.15) is 16.7 Å². The van der Waals surface area contributed by atoms with Crippen LogP contribution in [0.2, 0.25) is 0 Å². The lowest BCUT2D eigenvalue weighted by Crippen LogP contribution is -2.07. The highest BCUT2D eigenvalue weighted by Gasteiger charge is 2.33. The number of para-hydroxylation sites is 2. The normalized spacial score (nSPS) is 12.2. The van der Waals surface area contributed by atoms with Gasteiger partial charge in [-0.05, 0) is 66.7 Å². The minimum atomic E-state index is -4.61. The molecule has 10 rings (SSSR count). The number of nitriles is 1. The topological polar surface area (TPSA) is 59.4 Å². The Bertz CT molecular complexity index is 3300. The van der Waals surface area contributed by atoms with Crippen molar-refractivity contribution in [3.63, 3.8) is 0 Å². The van der Waals surface area contributed by atoms with Gasteiger partial charge in [-0.25, -0.2) is 9.97 Å². The van der Waals surface area contributed by atoms with E-state index >= 15 is 0 Å². The Morgan fingerprint density at radius 1 is 0.433 bits per heavy atom. The number of hydrogen-bond donors (Lipinski definition) is 0. The first kappa shape index (κ1) is 36.6. The minimum Gasteiger partial charge on any atom is -0.307 e. The van der Waals surface area contributed by atoms with Gasteiger partial charge in [0.05, 0.1) is 67.6 Å². The molecule has 0 unspecified atom stereocenters. The number of fused-ring (bicyclic) bond motifs is 6.